The molecule has 1 aromatic heterocycles. The van der Waals surface area contributed by atoms with Gasteiger partial charge in [-0.15, -0.1) is 0 Å². The highest BCUT2D eigenvalue weighted by Crippen LogP contribution is 2.27. The van der Waals surface area contributed by atoms with Gasteiger partial charge >= 0.3 is 0 Å². The summed E-state index contributed by atoms with van der Waals surface area (Å²) in [5, 5.41) is 0. The minimum Gasteiger partial charge on any atom is -0.342 e. The molecule has 0 spiro atoms. The molecule has 2 heterocycles. The molecule has 1 aliphatic heterocycles. The van der Waals surface area contributed by atoms with Crippen LogP contribution in [0.5, 0.6) is 0 Å². The van der Waals surface area contributed by atoms with Crippen molar-refractivity contribution in [2.24, 2.45) is 5.92 Å². The number of hydrogen-bond donors (Lipinski definition) is 1. The van der Waals surface area contributed by atoms with Gasteiger partial charge in [0, 0.05) is 50.5 Å². The van der Waals surface area contributed by atoms with Crippen molar-refractivity contribution in [3.63, 3.8) is 0 Å². The van der Waals surface area contributed by atoms with Crippen LogP contribution in [-0.2, 0) is 6.54 Å². The SMILES string of the molecule is Cc1[nH]c(-c2ccccc2)nc1CN1CCN(CC2CCC2)CC1. The summed E-state index contributed by atoms with van der Waals surface area (Å²) in [6, 6.07) is 10.4. The second-order valence-electron chi connectivity index (χ2n) is 7.40. The van der Waals surface area contributed by atoms with E-state index >= 15 is 0 Å². The lowest BCUT2D eigenvalue weighted by atomic mass is 9.85. The molecule has 0 radical (unpaired) electrons. The predicted molar refractivity (Wildman–Crippen MR) is 97.8 cm³/mol. The lowest BCUT2D eigenvalue weighted by molar-refractivity contribution is 0.0960. The van der Waals surface area contributed by atoms with E-state index in [-0.39, 0.29) is 0 Å². The molecule has 4 heteroatoms. The number of H-pyrrole nitrogens is 1. The Labute approximate surface area is 144 Å². The van der Waals surface area contributed by atoms with Gasteiger partial charge in [0.1, 0.15) is 5.82 Å². The fraction of sp³-hybridized carbons (Fsp3) is 0.550. The molecule has 4 rings (SSSR count). The molecule has 2 aliphatic rings. The summed E-state index contributed by atoms with van der Waals surface area (Å²) < 4.78 is 0. The summed E-state index contributed by atoms with van der Waals surface area (Å²) >= 11 is 0. The molecule has 24 heavy (non-hydrogen) atoms. The lowest BCUT2D eigenvalue weighted by Crippen LogP contribution is -2.48. The highest BCUT2D eigenvalue weighted by molar-refractivity contribution is 5.55. The zero-order valence-electron chi connectivity index (χ0n) is 14.7. The maximum Gasteiger partial charge on any atom is 0.137 e. The van der Waals surface area contributed by atoms with Crippen LogP contribution in [0.3, 0.4) is 0 Å². The maximum absolute atomic E-state index is 4.85. The molecule has 2 aromatic rings. The Morgan fingerprint density at radius 1 is 1.04 bits per heavy atom. The van der Waals surface area contributed by atoms with E-state index in [1.807, 2.05) is 6.07 Å². The number of hydrogen-bond acceptors (Lipinski definition) is 3. The third-order valence-electron chi connectivity index (χ3n) is 5.61. The fourth-order valence-electron chi connectivity index (χ4n) is 3.77. The summed E-state index contributed by atoms with van der Waals surface area (Å²) in [6.07, 6.45) is 4.36. The molecule has 4 nitrogen and oxygen atoms in total. The first-order valence-corrected chi connectivity index (χ1v) is 9.33. The van der Waals surface area contributed by atoms with Crippen molar-refractivity contribution in [2.75, 3.05) is 32.7 Å². The van der Waals surface area contributed by atoms with E-state index in [1.54, 1.807) is 0 Å². The lowest BCUT2D eigenvalue weighted by Gasteiger charge is -2.38. The quantitative estimate of drug-likeness (QED) is 0.916. The Kier molecular flexibility index (Phi) is 4.67. The Hall–Kier alpha value is -1.65. The van der Waals surface area contributed by atoms with E-state index < -0.39 is 0 Å². The average molecular weight is 324 g/mol. The topological polar surface area (TPSA) is 35.2 Å². The molecule has 1 aromatic carbocycles. The van der Waals surface area contributed by atoms with E-state index in [1.165, 1.54) is 63.4 Å². The zero-order valence-corrected chi connectivity index (χ0v) is 14.7. The Bertz CT molecular complexity index is 652. The summed E-state index contributed by atoms with van der Waals surface area (Å²) in [5.41, 5.74) is 3.56. The molecule has 0 unspecified atom stereocenters. The first-order valence-electron chi connectivity index (χ1n) is 9.33. The third-order valence-corrected chi connectivity index (χ3v) is 5.61. The van der Waals surface area contributed by atoms with Gasteiger partial charge in [-0.25, -0.2) is 4.98 Å². The fourth-order valence-corrected chi connectivity index (χ4v) is 3.77. The first-order chi connectivity index (χ1) is 11.8. The van der Waals surface area contributed by atoms with Gasteiger partial charge in [-0.1, -0.05) is 36.8 Å². The minimum absolute atomic E-state index is 0.965. The second-order valence-corrected chi connectivity index (χ2v) is 7.40. The van der Waals surface area contributed by atoms with Crippen LogP contribution in [0.15, 0.2) is 30.3 Å². The van der Waals surface area contributed by atoms with Crippen LogP contribution in [0.25, 0.3) is 11.4 Å². The molecule has 0 amide bonds. The standard InChI is InChI=1S/C20H28N4/c1-16-19(22-20(21-16)18-8-3-2-4-9-18)15-24-12-10-23(11-13-24)14-17-6-5-7-17/h2-4,8-9,17H,5-7,10-15H2,1H3,(H,21,22). The Balaban J connectivity index is 1.33. The molecule has 0 bridgehead atoms. The van der Waals surface area contributed by atoms with E-state index in [0.29, 0.717) is 0 Å². The van der Waals surface area contributed by atoms with Gasteiger partial charge in [0.2, 0.25) is 0 Å². The van der Waals surface area contributed by atoms with Crippen LogP contribution in [0.1, 0.15) is 30.7 Å². The van der Waals surface area contributed by atoms with Crippen molar-refractivity contribution in [3.05, 3.63) is 41.7 Å². The molecule has 1 N–H and O–H groups in total. The van der Waals surface area contributed by atoms with E-state index in [0.717, 1.165) is 23.9 Å². The Morgan fingerprint density at radius 2 is 1.75 bits per heavy atom. The van der Waals surface area contributed by atoms with Crippen LogP contribution < -0.4 is 0 Å². The van der Waals surface area contributed by atoms with Crippen molar-refractivity contribution >= 4 is 0 Å². The van der Waals surface area contributed by atoms with Crippen molar-refractivity contribution in [1.82, 2.24) is 19.8 Å². The van der Waals surface area contributed by atoms with Crippen LogP contribution in [0, 0.1) is 12.8 Å². The van der Waals surface area contributed by atoms with E-state index in [9.17, 15) is 0 Å². The minimum atomic E-state index is 0.965. The van der Waals surface area contributed by atoms with Gasteiger partial charge in [-0.05, 0) is 25.7 Å². The molecule has 2 fully saturated rings. The molecule has 1 saturated carbocycles. The van der Waals surface area contributed by atoms with Crippen LogP contribution in [0.2, 0.25) is 0 Å². The van der Waals surface area contributed by atoms with E-state index in [4.69, 9.17) is 4.98 Å². The maximum atomic E-state index is 4.85. The van der Waals surface area contributed by atoms with Crippen LogP contribution in [0.4, 0.5) is 0 Å². The number of piperazine rings is 1. The van der Waals surface area contributed by atoms with Gasteiger partial charge in [-0.3, -0.25) is 4.90 Å². The number of nitrogens with one attached hydrogen (secondary N) is 1. The van der Waals surface area contributed by atoms with Crippen molar-refractivity contribution in [2.45, 2.75) is 32.7 Å². The van der Waals surface area contributed by atoms with Gasteiger partial charge in [0.05, 0.1) is 5.69 Å². The molecule has 1 aliphatic carbocycles. The highest BCUT2D eigenvalue weighted by Gasteiger charge is 2.24. The number of imidazole rings is 1. The largest absolute Gasteiger partial charge is 0.342 e. The summed E-state index contributed by atoms with van der Waals surface area (Å²) in [4.78, 5) is 13.5. The van der Waals surface area contributed by atoms with Crippen molar-refractivity contribution in [3.8, 4) is 11.4 Å². The monoisotopic (exact) mass is 324 g/mol. The number of aromatic amines is 1. The third kappa shape index (κ3) is 3.55. The Morgan fingerprint density at radius 3 is 2.42 bits per heavy atom. The van der Waals surface area contributed by atoms with Gasteiger partial charge < -0.3 is 9.88 Å². The molecule has 1 saturated heterocycles. The highest BCUT2D eigenvalue weighted by atomic mass is 15.3. The second kappa shape index (κ2) is 7.08. The molecule has 128 valence electrons. The first kappa shape index (κ1) is 15.9. The summed E-state index contributed by atoms with van der Waals surface area (Å²) in [5.74, 6) is 1.98. The van der Waals surface area contributed by atoms with Gasteiger partial charge in [0.25, 0.3) is 0 Å². The van der Waals surface area contributed by atoms with Gasteiger partial charge in [0.15, 0.2) is 0 Å². The molecular weight excluding hydrogens is 296 g/mol. The smallest absolute Gasteiger partial charge is 0.137 e. The van der Waals surface area contributed by atoms with Gasteiger partial charge in [-0.2, -0.15) is 0 Å². The number of benzene rings is 1. The number of aromatic nitrogens is 2. The summed E-state index contributed by atoms with van der Waals surface area (Å²) in [6.45, 7) is 9.19. The van der Waals surface area contributed by atoms with E-state index in [2.05, 4.69) is 46.0 Å². The number of rotatable bonds is 5. The molecular formula is C20H28N4. The summed E-state index contributed by atoms with van der Waals surface area (Å²) in [7, 11) is 0. The average Bonchev–Trinajstić information content (AvgIpc) is 2.94. The predicted octanol–water partition coefficient (Wildman–Crippen LogP) is 3.30. The van der Waals surface area contributed by atoms with Crippen molar-refractivity contribution in [1.29, 1.82) is 0 Å². The van der Waals surface area contributed by atoms with Crippen LogP contribution >= 0.6 is 0 Å². The normalized spacial score (nSPS) is 20.2. The zero-order chi connectivity index (χ0) is 16.4. The number of aryl methyl sites for hydroxylation is 1. The number of nitrogens with zero attached hydrogens (tertiary/aromatic N) is 3. The van der Waals surface area contributed by atoms with Crippen molar-refractivity contribution < 1.29 is 0 Å². The van der Waals surface area contributed by atoms with Crippen LogP contribution in [-0.4, -0.2) is 52.5 Å². The molecule has 0 atom stereocenters.